The molecule has 1 unspecified atom stereocenters. The molecule has 13 heavy (non-hydrogen) atoms. The van der Waals surface area contributed by atoms with Crippen LogP contribution in [0.15, 0.2) is 0 Å². The van der Waals surface area contributed by atoms with E-state index in [9.17, 15) is 9.59 Å². The molecular formula is C8H13N3O2. The van der Waals surface area contributed by atoms with E-state index in [1.807, 2.05) is 0 Å². The van der Waals surface area contributed by atoms with Gasteiger partial charge in [-0.1, -0.05) is 0 Å². The summed E-state index contributed by atoms with van der Waals surface area (Å²) in [6.45, 7) is 2.20. The zero-order valence-electron chi connectivity index (χ0n) is 7.40. The van der Waals surface area contributed by atoms with Crippen molar-refractivity contribution >= 4 is 11.9 Å². The van der Waals surface area contributed by atoms with E-state index in [1.165, 1.54) is 0 Å². The van der Waals surface area contributed by atoms with Crippen LogP contribution in [0.25, 0.3) is 0 Å². The van der Waals surface area contributed by atoms with Gasteiger partial charge in [0.15, 0.2) is 0 Å². The second-order valence-corrected chi connectivity index (χ2v) is 3.52. The molecule has 2 rings (SSSR count). The van der Waals surface area contributed by atoms with Gasteiger partial charge in [0.2, 0.25) is 5.91 Å². The van der Waals surface area contributed by atoms with Gasteiger partial charge in [0.25, 0.3) is 0 Å². The predicted molar refractivity (Wildman–Crippen MR) is 45.9 cm³/mol. The molecule has 0 aromatic carbocycles. The van der Waals surface area contributed by atoms with Crippen LogP contribution in [-0.2, 0) is 4.79 Å². The van der Waals surface area contributed by atoms with Gasteiger partial charge in [0, 0.05) is 13.1 Å². The summed E-state index contributed by atoms with van der Waals surface area (Å²) in [4.78, 5) is 25.8. The summed E-state index contributed by atoms with van der Waals surface area (Å²) in [5.41, 5.74) is 5.09. The maximum absolute atomic E-state index is 11.6. The summed E-state index contributed by atoms with van der Waals surface area (Å²) in [6.07, 6.45) is 1.91. The van der Waals surface area contributed by atoms with Crippen LogP contribution in [-0.4, -0.2) is 47.4 Å². The summed E-state index contributed by atoms with van der Waals surface area (Å²) in [5, 5.41) is 0. The molecule has 72 valence electrons. The lowest BCUT2D eigenvalue weighted by Crippen LogP contribution is -2.57. The molecule has 5 heteroatoms. The summed E-state index contributed by atoms with van der Waals surface area (Å²) in [6, 6.07) is -0.696. The Balaban J connectivity index is 2.13. The third kappa shape index (κ3) is 1.29. The molecule has 2 heterocycles. The Morgan fingerprint density at radius 1 is 1.38 bits per heavy atom. The van der Waals surface area contributed by atoms with Crippen molar-refractivity contribution in [1.29, 1.82) is 0 Å². The topological polar surface area (TPSA) is 66.6 Å². The Morgan fingerprint density at radius 3 is 2.85 bits per heavy atom. The number of hydrogen-bond acceptors (Lipinski definition) is 3. The van der Waals surface area contributed by atoms with Gasteiger partial charge in [-0.25, -0.2) is 4.79 Å². The summed E-state index contributed by atoms with van der Waals surface area (Å²) >= 11 is 0. The Morgan fingerprint density at radius 2 is 2.15 bits per heavy atom. The molecule has 5 nitrogen and oxygen atoms in total. The molecule has 2 saturated heterocycles. The Kier molecular flexibility index (Phi) is 1.95. The Bertz CT molecular complexity index is 254. The number of carbonyl (C=O) groups excluding carboxylic acids is 2. The van der Waals surface area contributed by atoms with E-state index < -0.39 is 6.03 Å². The number of urea groups is 1. The molecule has 0 aliphatic carbocycles. The number of nitrogens with two attached hydrogens (primary N) is 1. The molecule has 3 amide bonds. The van der Waals surface area contributed by atoms with Gasteiger partial charge in [-0.15, -0.1) is 0 Å². The normalized spacial score (nSPS) is 29.1. The molecule has 2 aliphatic rings. The van der Waals surface area contributed by atoms with Crippen molar-refractivity contribution in [2.24, 2.45) is 5.73 Å². The molecule has 0 spiro atoms. The molecular weight excluding hydrogens is 170 g/mol. The maximum Gasteiger partial charge on any atom is 0.321 e. The quantitative estimate of drug-likeness (QED) is 0.544. The van der Waals surface area contributed by atoms with Gasteiger partial charge in [-0.05, 0) is 19.4 Å². The maximum atomic E-state index is 11.6. The highest BCUT2D eigenvalue weighted by molar-refractivity contribution is 5.97. The lowest BCUT2D eigenvalue weighted by molar-refractivity contribution is -0.136. The molecule has 1 atom stereocenters. The van der Waals surface area contributed by atoms with Gasteiger partial charge < -0.3 is 5.73 Å². The van der Waals surface area contributed by atoms with Gasteiger partial charge in [0.05, 0.1) is 6.04 Å². The number of nitrogens with zero attached hydrogens (tertiary/aromatic N) is 2. The Labute approximate surface area is 76.5 Å². The SMILES string of the molecule is NC(=O)N1CCN2CCCC2C1=O. The van der Waals surface area contributed by atoms with E-state index in [2.05, 4.69) is 4.90 Å². The molecule has 0 radical (unpaired) electrons. The highest BCUT2D eigenvalue weighted by Gasteiger charge is 2.39. The number of carbonyl (C=O) groups is 2. The lowest BCUT2D eigenvalue weighted by atomic mass is 10.1. The first-order chi connectivity index (χ1) is 6.20. The number of imide groups is 1. The fourth-order valence-electron chi connectivity index (χ4n) is 2.11. The minimum Gasteiger partial charge on any atom is -0.351 e. The number of hydrogen-bond donors (Lipinski definition) is 1. The molecule has 2 aliphatic heterocycles. The van der Waals surface area contributed by atoms with Crippen molar-refractivity contribution in [3.63, 3.8) is 0 Å². The second kappa shape index (κ2) is 2.99. The first-order valence-electron chi connectivity index (χ1n) is 4.55. The molecule has 0 aromatic heterocycles. The Hall–Kier alpha value is -1.10. The fourth-order valence-corrected chi connectivity index (χ4v) is 2.11. The van der Waals surface area contributed by atoms with Crippen molar-refractivity contribution in [1.82, 2.24) is 9.80 Å². The minimum absolute atomic E-state index is 0.0822. The second-order valence-electron chi connectivity index (χ2n) is 3.52. The predicted octanol–water partition coefficient (Wildman–Crippen LogP) is -0.628. The molecule has 0 saturated carbocycles. The van der Waals surface area contributed by atoms with E-state index in [0.717, 1.165) is 30.8 Å². The first kappa shape index (κ1) is 8.50. The number of amides is 3. The van der Waals surface area contributed by atoms with Gasteiger partial charge >= 0.3 is 6.03 Å². The zero-order chi connectivity index (χ0) is 9.42. The summed E-state index contributed by atoms with van der Waals surface area (Å²) < 4.78 is 0. The van der Waals surface area contributed by atoms with Crippen LogP contribution in [0.1, 0.15) is 12.8 Å². The standard InChI is InChI=1S/C8H13N3O2/c9-8(13)11-5-4-10-3-1-2-6(10)7(11)12/h6H,1-5H2,(H2,9,13). The average Bonchev–Trinajstić information content (AvgIpc) is 2.52. The van der Waals surface area contributed by atoms with Crippen molar-refractivity contribution in [3.8, 4) is 0 Å². The molecule has 0 aromatic rings. The van der Waals surface area contributed by atoms with E-state index in [1.54, 1.807) is 0 Å². The van der Waals surface area contributed by atoms with Crippen LogP contribution in [0.2, 0.25) is 0 Å². The van der Waals surface area contributed by atoms with Gasteiger partial charge in [-0.3, -0.25) is 14.6 Å². The van der Waals surface area contributed by atoms with Crippen LogP contribution >= 0.6 is 0 Å². The third-order valence-electron chi connectivity index (χ3n) is 2.79. The smallest absolute Gasteiger partial charge is 0.321 e. The zero-order valence-corrected chi connectivity index (χ0v) is 7.40. The fraction of sp³-hybridized carbons (Fsp3) is 0.750. The third-order valence-corrected chi connectivity index (χ3v) is 2.79. The van der Waals surface area contributed by atoms with Crippen molar-refractivity contribution in [2.45, 2.75) is 18.9 Å². The van der Waals surface area contributed by atoms with Crippen LogP contribution < -0.4 is 5.73 Å². The van der Waals surface area contributed by atoms with Crippen LogP contribution in [0, 0.1) is 0 Å². The molecule has 2 fully saturated rings. The first-order valence-corrected chi connectivity index (χ1v) is 4.55. The average molecular weight is 183 g/mol. The van der Waals surface area contributed by atoms with Crippen LogP contribution in [0.3, 0.4) is 0 Å². The number of primary amides is 1. The summed E-state index contributed by atoms with van der Waals surface area (Å²) in [7, 11) is 0. The highest BCUT2D eigenvalue weighted by Crippen LogP contribution is 2.22. The largest absolute Gasteiger partial charge is 0.351 e. The van der Waals surface area contributed by atoms with E-state index >= 15 is 0 Å². The van der Waals surface area contributed by atoms with Crippen molar-refractivity contribution in [3.05, 3.63) is 0 Å². The molecule has 0 bridgehead atoms. The number of piperazine rings is 1. The van der Waals surface area contributed by atoms with Crippen molar-refractivity contribution < 1.29 is 9.59 Å². The van der Waals surface area contributed by atoms with Crippen molar-refractivity contribution in [2.75, 3.05) is 19.6 Å². The van der Waals surface area contributed by atoms with Gasteiger partial charge in [0.1, 0.15) is 0 Å². The minimum atomic E-state index is -0.614. The van der Waals surface area contributed by atoms with E-state index in [4.69, 9.17) is 5.73 Å². The van der Waals surface area contributed by atoms with Crippen LogP contribution in [0.5, 0.6) is 0 Å². The highest BCUT2D eigenvalue weighted by atomic mass is 16.2. The lowest BCUT2D eigenvalue weighted by Gasteiger charge is -2.34. The molecule has 2 N–H and O–H groups in total. The summed E-state index contributed by atoms with van der Waals surface area (Å²) in [5.74, 6) is -0.115. The van der Waals surface area contributed by atoms with Gasteiger partial charge in [-0.2, -0.15) is 0 Å². The van der Waals surface area contributed by atoms with E-state index in [-0.39, 0.29) is 11.9 Å². The van der Waals surface area contributed by atoms with Crippen LogP contribution in [0.4, 0.5) is 4.79 Å². The monoisotopic (exact) mass is 183 g/mol. The number of fused-ring (bicyclic) bond motifs is 1. The van der Waals surface area contributed by atoms with E-state index in [0.29, 0.717) is 6.54 Å². The number of rotatable bonds is 0.